The number of nitrogens with zero attached hydrogens (tertiary/aromatic N) is 3. The minimum absolute atomic E-state index is 0.0398. The number of hydrogen-bond acceptors (Lipinski definition) is 10. The van der Waals surface area contributed by atoms with Gasteiger partial charge in [-0.25, -0.2) is 14.8 Å². The number of aromatic nitrogens is 3. The molecule has 0 saturated carbocycles. The van der Waals surface area contributed by atoms with Gasteiger partial charge >= 0.3 is 11.9 Å². The van der Waals surface area contributed by atoms with E-state index < -0.39 is 35.3 Å². The first-order valence-electron chi connectivity index (χ1n) is 12.9. The molecule has 0 fully saturated rings. The van der Waals surface area contributed by atoms with Crippen molar-refractivity contribution < 1.29 is 33.8 Å². The summed E-state index contributed by atoms with van der Waals surface area (Å²) in [6, 6.07) is 1.80. The summed E-state index contributed by atoms with van der Waals surface area (Å²) in [6.45, 7) is 10.9. The number of aromatic hydroxyl groups is 1. The fourth-order valence-corrected chi connectivity index (χ4v) is 4.63. The standard InChI is InChI=1S/C27H35N5O7S/c1-7-38-21(33)10-9-18(25(36)39-8-2)29-23(34)16-11-19(40-13-16)15(3)32-14-28-22-17(24(32)35)12-20(30-22)31-26(37)27(4,5)6/h11-15,18,35H,7-10H2,1-6H3,(H,29,34)(H,31,37)/t15?,18-/m0/s1. The second kappa shape index (κ2) is 12.9. The van der Waals surface area contributed by atoms with Crippen molar-refractivity contribution in [2.24, 2.45) is 5.41 Å². The molecule has 1 aromatic rings. The summed E-state index contributed by atoms with van der Waals surface area (Å²) >= 11 is 1.30. The number of esters is 2. The highest BCUT2D eigenvalue weighted by atomic mass is 32.1. The fourth-order valence-electron chi connectivity index (χ4n) is 3.69. The van der Waals surface area contributed by atoms with Gasteiger partial charge in [0, 0.05) is 22.1 Å². The van der Waals surface area contributed by atoms with E-state index in [1.54, 1.807) is 52.1 Å². The van der Waals surface area contributed by atoms with Crippen molar-refractivity contribution in [1.29, 1.82) is 0 Å². The van der Waals surface area contributed by atoms with Crippen LogP contribution < -0.4 is 10.6 Å². The number of carbonyl (C=O) groups excluding carboxylic acids is 4. The average Bonchev–Trinajstić information content (AvgIpc) is 3.54. The summed E-state index contributed by atoms with van der Waals surface area (Å²) in [6.07, 6.45) is 1.43. The first kappa shape index (κ1) is 30.5. The first-order valence-corrected chi connectivity index (χ1v) is 13.8. The zero-order valence-electron chi connectivity index (χ0n) is 23.4. The Kier molecular flexibility index (Phi) is 9.85. The van der Waals surface area contributed by atoms with Gasteiger partial charge in [-0.1, -0.05) is 20.8 Å². The van der Waals surface area contributed by atoms with Crippen molar-refractivity contribution in [3.63, 3.8) is 0 Å². The smallest absolute Gasteiger partial charge is 0.328 e. The van der Waals surface area contributed by atoms with Crippen LogP contribution in [0.2, 0.25) is 0 Å². The van der Waals surface area contributed by atoms with E-state index in [0.29, 0.717) is 11.1 Å². The summed E-state index contributed by atoms with van der Waals surface area (Å²) in [5, 5.41) is 18.0. The number of hydrogen-bond donors (Lipinski definition) is 3. The van der Waals surface area contributed by atoms with Crippen LogP contribution in [0.25, 0.3) is 11.4 Å². The van der Waals surface area contributed by atoms with Crippen LogP contribution in [-0.4, -0.2) is 62.7 Å². The molecule has 3 rings (SSSR count). The molecular formula is C27H35N5O7S. The van der Waals surface area contributed by atoms with Crippen molar-refractivity contribution in [3.05, 3.63) is 34.3 Å². The van der Waals surface area contributed by atoms with Crippen molar-refractivity contribution in [3.8, 4) is 17.3 Å². The van der Waals surface area contributed by atoms with Crippen molar-refractivity contribution in [2.45, 2.75) is 66.5 Å². The summed E-state index contributed by atoms with van der Waals surface area (Å²) < 4.78 is 11.5. The topological polar surface area (TPSA) is 162 Å². The predicted molar refractivity (Wildman–Crippen MR) is 148 cm³/mol. The largest absolute Gasteiger partial charge is 0.494 e. The minimum atomic E-state index is -1.01. The molecular weight excluding hydrogens is 538 g/mol. The van der Waals surface area contributed by atoms with Gasteiger partial charge in [0.2, 0.25) is 11.8 Å². The van der Waals surface area contributed by atoms with Crippen LogP contribution in [0.15, 0.2) is 23.8 Å². The lowest BCUT2D eigenvalue weighted by Crippen LogP contribution is -2.42. The lowest BCUT2D eigenvalue weighted by Gasteiger charge is -2.18. The zero-order valence-corrected chi connectivity index (χ0v) is 24.3. The van der Waals surface area contributed by atoms with Crippen LogP contribution in [-0.2, 0) is 23.9 Å². The summed E-state index contributed by atoms with van der Waals surface area (Å²) in [4.78, 5) is 58.8. The second-order valence-electron chi connectivity index (χ2n) is 10.1. The van der Waals surface area contributed by atoms with Gasteiger partial charge in [0.15, 0.2) is 5.82 Å². The second-order valence-corrected chi connectivity index (χ2v) is 11.0. The number of amides is 2. The van der Waals surface area contributed by atoms with E-state index in [2.05, 4.69) is 20.6 Å². The molecule has 40 heavy (non-hydrogen) atoms. The molecule has 2 aliphatic heterocycles. The molecule has 3 heterocycles. The third kappa shape index (κ3) is 7.34. The maximum atomic E-state index is 13.0. The lowest BCUT2D eigenvalue weighted by molar-refractivity contribution is -0.146. The van der Waals surface area contributed by atoms with Crippen LogP contribution in [0, 0.1) is 5.41 Å². The summed E-state index contributed by atoms with van der Waals surface area (Å²) in [7, 11) is 0. The van der Waals surface area contributed by atoms with E-state index in [0.717, 1.165) is 4.88 Å². The van der Waals surface area contributed by atoms with Crippen LogP contribution in [0.4, 0.5) is 5.82 Å². The lowest BCUT2D eigenvalue weighted by atomic mass is 9.96. The average molecular weight is 574 g/mol. The van der Waals surface area contributed by atoms with E-state index in [9.17, 15) is 24.3 Å². The number of ether oxygens (including phenoxy) is 2. The monoisotopic (exact) mass is 573 g/mol. The van der Waals surface area contributed by atoms with E-state index in [4.69, 9.17) is 9.47 Å². The van der Waals surface area contributed by atoms with Gasteiger partial charge in [0.25, 0.3) is 5.91 Å². The molecule has 2 amide bonds. The third-order valence-corrected chi connectivity index (χ3v) is 7.09. The third-order valence-electron chi connectivity index (χ3n) is 5.99. The SMILES string of the molecule is CCOC(=O)CC[C@H](NC(=O)c1csc(C(C)n2cnc3nc(NC(=O)C(C)(C)C)cc-3c2O)c1)C(=O)OCC. The molecule has 1 aromatic heterocycles. The normalized spacial score (nSPS) is 12.9. The number of rotatable bonds is 11. The molecule has 0 spiro atoms. The molecule has 0 radical (unpaired) electrons. The molecule has 0 aliphatic carbocycles. The highest BCUT2D eigenvalue weighted by Crippen LogP contribution is 2.36. The van der Waals surface area contributed by atoms with Gasteiger partial charge < -0.3 is 25.2 Å². The van der Waals surface area contributed by atoms with Gasteiger partial charge in [-0.2, -0.15) is 0 Å². The van der Waals surface area contributed by atoms with Gasteiger partial charge in [0.05, 0.1) is 30.4 Å². The van der Waals surface area contributed by atoms with Gasteiger partial charge in [-0.15, -0.1) is 11.3 Å². The Morgan fingerprint density at radius 3 is 2.48 bits per heavy atom. The zero-order chi connectivity index (χ0) is 29.6. The van der Waals surface area contributed by atoms with E-state index in [-0.39, 0.29) is 49.5 Å². The minimum Gasteiger partial charge on any atom is -0.494 e. The molecule has 0 bridgehead atoms. The van der Waals surface area contributed by atoms with E-state index >= 15 is 0 Å². The Morgan fingerprint density at radius 1 is 1.12 bits per heavy atom. The molecule has 0 saturated heterocycles. The number of nitrogens with one attached hydrogen (secondary N) is 2. The number of anilines is 1. The maximum absolute atomic E-state index is 13.0. The highest BCUT2D eigenvalue weighted by molar-refractivity contribution is 7.10. The van der Waals surface area contributed by atoms with Crippen molar-refractivity contribution in [2.75, 3.05) is 18.5 Å². The Hall–Kier alpha value is -4.00. The molecule has 216 valence electrons. The van der Waals surface area contributed by atoms with Crippen LogP contribution in [0.3, 0.4) is 0 Å². The predicted octanol–water partition coefficient (Wildman–Crippen LogP) is 3.75. The Labute approximate surface area is 236 Å². The summed E-state index contributed by atoms with van der Waals surface area (Å²) in [5.41, 5.74) is 0.0654. The quantitative estimate of drug-likeness (QED) is 0.290. The maximum Gasteiger partial charge on any atom is 0.328 e. The van der Waals surface area contributed by atoms with Crippen molar-refractivity contribution >= 4 is 40.9 Å². The van der Waals surface area contributed by atoms with Gasteiger partial charge in [0.1, 0.15) is 18.2 Å². The number of carbonyl (C=O) groups is 4. The molecule has 3 N–H and O–H groups in total. The highest BCUT2D eigenvalue weighted by Gasteiger charge is 2.27. The first-order chi connectivity index (χ1) is 18.8. The van der Waals surface area contributed by atoms with Crippen molar-refractivity contribution in [1.82, 2.24) is 19.9 Å². The van der Waals surface area contributed by atoms with Gasteiger partial charge in [-0.3, -0.25) is 19.0 Å². The van der Waals surface area contributed by atoms with Crippen LogP contribution in [0.5, 0.6) is 5.88 Å². The fraction of sp³-hybridized carbons (Fsp3) is 0.481. The molecule has 2 aliphatic rings. The molecule has 1 unspecified atom stereocenters. The molecule has 12 nitrogen and oxygen atoms in total. The van der Waals surface area contributed by atoms with Crippen LogP contribution >= 0.6 is 11.3 Å². The number of thiophene rings is 1. The molecule has 2 atom stereocenters. The molecule has 0 aromatic carbocycles. The summed E-state index contributed by atoms with van der Waals surface area (Å²) in [5.74, 6) is -1.34. The van der Waals surface area contributed by atoms with Gasteiger partial charge in [-0.05, 0) is 39.3 Å². The van der Waals surface area contributed by atoms with E-state index in [1.165, 1.54) is 22.2 Å². The van der Waals surface area contributed by atoms with Crippen LogP contribution in [0.1, 0.15) is 75.7 Å². The Bertz CT molecular complexity index is 1340. The Balaban J connectivity index is 1.76. The Morgan fingerprint density at radius 2 is 1.82 bits per heavy atom. The van der Waals surface area contributed by atoms with E-state index in [1.807, 2.05) is 6.92 Å². The number of fused-ring (bicyclic) bond motifs is 1. The molecule has 13 heteroatoms.